The van der Waals surface area contributed by atoms with Gasteiger partial charge in [0.1, 0.15) is 0 Å². The lowest BCUT2D eigenvalue weighted by atomic mass is 10.1. The van der Waals surface area contributed by atoms with Gasteiger partial charge in [0.05, 0.1) is 18.4 Å². The number of carboxylic acids is 1. The van der Waals surface area contributed by atoms with E-state index in [-0.39, 0.29) is 17.9 Å². The first-order valence-electron chi connectivity index (χ1n) is 6.18. The van der Waals surface area contributed by atoms with Crippen molar-refractivity contribution in [1.82, 2.24) is 5.32 Å². The molecule has 1 fully saturated rings. The van der Waals surface area contributed by atoms with Crippen molar-refractivity contribution in [1.29, 1.82) is 0 Å². The van der Waals surface area contributed by atoms with E-state index in [4.69, 9.17) is 9.52 Å². The topological polar surface area (TPSA) is 79.5 Å². The lowest BCUT2D eigenvalue weighted by Gasteiger charge is -2.11. The van der Waals surface area contributed by atoms with Crippen LogP contribution in [-0.2, 0) is 16.0 Å². The quantitative estimate of drug-likeness (QED) is 0.832. The number of nitrogens with one attached hydrogen (secondary N) is 1. The number of carbonyl (C=O) groups excluding carboxylic acids is 1. The zero-order chi connectivity index (χ0) is 13.0. The Morgan fingerprint density at radius 1 is 1.44 bits per heavy atom. The normalized spacial score (nSPS) is 22.9. The van der Waals surface area contributed by atoms with E-state index in [9.17, 15) is 9.59 Å². The van der Waals surface area contributed by atoms with Crippen LogP contribution in [-0.4, -0.2) is 23.0 Å². The highest BCUT2D eigenvalue weighted by Crippen LogP contribution is 2.25. The monoisotopic (exact) mass is 251 g/mol. The molecule has 1 saturated carbocycles. The Morgan fingerprint density at radius 2 is 2.28 bits per heavy atom. The second-order valence-electron chi connectivity index (χ2n) is 4.74. The largest absolute Gasteiger partial charge is 0.481 e. The minimum Gasteiger partial charge on any atom is -0.481 e. The lowest BCUT2D eigenvalue weighted by molar-refractivity contribution is -0.141. The van der Waals surface area contributed by atoms with E-state index in [0.29, 0.717) is 25.7 Å². The Kier molecular flexibility index (Phi) is 4.02. The van der Waals surface area contributed by atoms with Crippen molar-refractivity contribution in [3.63, 3.8) is 0 Å². The molecule has 0 spiro atoms. The van der Waals surface area contributed by atoms with Crippen LogP contribution in [0.5, 0.6) is 0 Å². The van der Waals surface area contributed by atoms with Gasteiger partial charge in [0.2, 0.25) is 5.91 Å². The highest BCUT2D eigenvalue weighted by atomic mass is 16.4. The van der Waals surface area contributed by atoms with Gasteiger partial charge in [-0.25, -0.2) is 0 Å². The molecule has 1 amide bonds. The molecular formula is C13H17NO4. The van der Waals surface area contributed by atoms with Crippen molar-refractivity contribution in [3.8, 4) is 0 Å². The summed E-state index contributed by atoms with van der Waals surface area (Å²) in [6, 6.07) is 1.85. The fourth-order valence-electron chi connectivity index (χ4n) is 2.33. The SMILES string of the molecule is O=C(CCc1ccoc1)N[C@@H]1CC[C@H](C(=O)O)C1. The molecule has 1 aromatic heterocycles. The summed E-state index contributed by atoms with van der Waals surface area (Å²) in [7, 11) is 0. The summed E-state index contributed by atoms with van der Waals surface area (Å²) in [6.45, 7) is 0. The first kappa shape index (κ1) is 12.7. The van der Waals surface area contributed by atoms with Crippen molar-refractivity contribution < 1.29 is 19.1 Å². The van der Waals surface area contributed by atoms with Crippen LogP contribution in [0.2, 0.25) is 0 Å². The van der Waals surface area contributed by atoms with Gasteiger partial charge < -0.3 is 14.8 Å². The van der Waals surface area contributed by atoms with Crippen molar-refractivity contribution in [2.24, 2.45) is 5.92 Å². The number of aliphatic carboxylic acids is 1. The Labute approximate surface area is 105 Å². The molecule has 0 radical (unpaired) electrons. The number of hydrogen-bond acceptors (Lipinski definition) is 3. The number of furan rings is 1. The van der Waals surface area contributed by atoms with Crippen LogP contribution in [0.25, 0.3) is 0 Å². The molecule has 5 nitrogen and oxygen atoms in total. The van der Waals surface area contributed by atoms with Crippen LogP contribution in [0, 0.1) is 5.92 Å². The molecule has 0 aliphatic heterocycles. The van der Waals surface area contributed by atoms with Crippen LogP contribution < -0.4 is 5.32 Å². The van der Waals surface area contributed by atoms with Crippen LogP contribution in [0.3, 0.4) is 0 Å². The fourth-order valence-corrected chi connectivity index (χ4v) is 2.33. The van der Waals surface area contributed by atoms with Crippen molar-refractivity contribution in [3.05, 3.63) is 24.2 Å². The molecular weight excluding hydrogens is 234 g/mol. The molecule has 0 aromatic carbocycles. The van der Waals surface area contributed by atoms with E-state index in [1.807, 2.05) is 6.07 Å². The fraction of sp³-hybridized carbons (Fsp3) is 0.538. The highest BCUT2D eigenvalue weighted by Gasteiger charge is 2.30. The summed E-state index contributed by atoms with van der Waals surface area (Å²) >= 11 is 0. The summed E-state index contributed by atoms with van der Waals surface area (Å²) in [6.07, 6.45) is 6.24. The molecule has 2 atom stereocenters. The Hall–Kier alpha value is -1.78. The van der Waals surface area contributed by atoms with E-state index in [2.05, 4.69) is 5.32 Å². The molecule has 1 aromatic rings. The minimum atomic E-state index is -0.759. The number of aryl methyl sites for hydroxylation is 1. The van der Waals surface area contributed by atoms with Gasteiger partial charge in [0.15, 0.2) is 0 Å². The molecule has 0 unspecified atom stereocenters. The number of hydrogen-bond donors (Lipinski definition) is 2. The minimum absolute atomic E-state index is 0.0166. The zero-order valence-corrected chi connectivity index (χ0v) is 10.1. The van der Waals surface area contributed by atoms with Gasteiger partial charge in [-0.1, -0.05) is 0 Å². The van der Waals surface area contributed by atoms with Crippen LogP contribution in [0.15, 0.2) is 23.0 Å². The molecule has 2 rings (SSSR count). The molecule has 0 bridgehead atoms. The number of rotatable bonds is 5. The van der Waals surface area contributed by atoms with Crippen molar-refractivity contribution in [2.75, 3.05) is 0 Å². The average Bonchev–Trinajstić information content (AvgIpc) is 2.96. The lowest BCUT2D eigenvalue weighted by Crippen LogP contribution is -2.33. The van der Waals surface area contributed by atoms with Gasteiger partial charge in [-0.3, -0.25) is 9.59 Å². The summed E-state index contributed by atoms with van der Waals surface area (Å²) < 4.78 is 4.92. The summed E-state index contributed by atoms with van der Waals surface area (Å²) in [4.78, 5) is 22.5. The Balaban J connectivity index is 1.70. The predicted octanol–water partition coefficient (Wildman–Crippen LogP) is 1.58. The number of amides is 1. The number of carboxylic acid groups (broad SMARTS) is 1. The molecule has 98 valence electrons. The summed E-state index contributed by atoms with van der Waals surface area (Å²) in [5.41, 5.74) is 1.000. The van der Waals surface area contributed by atoms with E-state index < -0.39 is 5.97 Å². The molecule has 1 heterocycles. The molecule has 5 heteroatoms. The molecule has 2 N–H and O–H groups in total. The maximum atomic E-state index is 11.7. The van der Waals surface area contributed by atoms with E-state index in [1.165, 1.54) is 0 Å². The van der Waals surface area contributed by atoms with Gasteiger partial charge in [-0.15, -0.1) is 0 Å². The predicted molar refractivity (Wildman–Crippen MR) is 63.9 cm³/mol. The smallest absolute Gasteiger partial charge is 0.306 e. The Morgan fingerprint density at radius 3 is 2.89 bits per heavy atom. The molecule has 0 saturated heterocycles. The zero-order valence-electron chi connectivity index (χ0n) is 10.1. The van der Waals surface area contributed by atoms with Crippen LogP contribution in [0.4, 0.5) is 0 Å². The molecule has 1 aliphatic carbocycles. The van der Waals surface area contributed by atoms with Gasteiger partial charge in [0, 0.05) is 12.5 Å². The van der Waals surface area contributed by atoms with Crippen molar-refractivity contribution >= 4 is 11.9 Å². The maximum absolute atomic E-state index is 11.7. The van der Waals surface area contributed by atoms with Crippen LogP contribution in [0.1, 0.15) is 31.2 Å². The second-order valence-corrected chi connectivity index (χ2v) is 4.74. The van der Waals surface area contributed by atoms with Gasteiger partial charge in [-0.2, -0.15) is 0 Å². The third kappa shape index (κ3) is 3.35. The van der Waals surface area contributed by atoms with Crippen molar-refractivity contribution in [2.45, 2.75) is 38.1 Å². The molecule has 1 aliphatic rings. The summed E-state index contributed by atoms with van der Waals surface area (Å²) in [5, 5.41) is 11.8. The van der Waals surface area contributed by atoms with Gasteiger partial charge in [0.25, 0.3) is 0 Å². The van der Waals surface area contributed by atoms with E-state index in [1.54, 1.807) is 12.5 Å². The van der Waals surface area contributed by atoms with Gasteiger partial charge in [-0.05, 0) is 37.3 Å². The van der Waals surface area contributed by atoms with E-state index >= 15 is 0 Å². The average molecular weight is 251 g/mol. The molecule has 18 heavy (non-hydrogen) atoms. The highest BCUT2D eigenvalue weighted by molar-refractivity contribution is 5.77. The Bertz CT molecular complexity index is 413. The van der Waals surface area contributed by atoms with E-state index in [0.717, 1.165) is 12.0 Å². The van der Waals surface area contributed by atoms with Gasteiger partial charge >= 0.3 is 5.97 Å². The second kappa shape index (κ2) is 5.71. The third-order valence-corrected chi connectivity index (χ3v) is 3.37. The summed E-state index contributed by atoms with van der Waals surface area (Å²) in [5.74, 6) is -1.08. The van der Waals surface area contributed by atoms with Crippen LogP contribution >= 0.6 is 0 Å². The standard InChI is InChI=1S/C13H17NO4/c15-12(4-1-9-5-6-18-8-9)14-11-3-2-10(7-11)13(16)17/h5-6,8,10-11H,1-4,7H2,(H,14,15)(H,16,17)/t10-,11+/m0/s1. The first-order chi connectivity index (χ1) is 8.65. The number of carbonyl (C=O) groups is 2. The first-order valence-corrected chi connectivity index (χ1v) is 6.18. The maximum Gasteiger partial charge on any atom is 0.306 e. The third-order valence-electron chi connectivity index (χ3n) is 3.37.